The first-order chi connectivity index (χ1) is 6.32. The fourth-order valence-electron chi connectivity index (χ4n) is 3.81. The summed E-state index contributed by atoms with van der Waals surface area (Å²) in [6, 6.07) is 0.641. The highest BCUT2D eigenvalue weighted by atomic mass is 16.2. The van der Waals surface area contributed by atoms with Gasteiger partial charge in [0.25, 0.3) is 0 Å². The van der Waals surface area contributed by atoms with Crippen LogP contribution >= 0.6 is 0 Å². The Morgan fingerprint density at radius 2 is 2.00 bits per heavy atom. The second-order valence-electron chi connectivity index (χ2n) is 4.99. The quantitative estimate of drug-likeness (QED) is 0.556. The van der Waals surface area contributed by atoms with Gasteiger partial charge in [-0.1, -0.05) is 12.8 Å². The molecule has 1 amide bonds. The van der Waals surface area contributed by atoms with Crippen LogP contribution in [0.1, 0.15) is 44.9 Å². The largest absolute Gasteiger partial charge is 0.339 e. The summed E-state index contributed by atoms with van der Waals surface area (Å²) in [5.74, 6) is 0.449. The average Bonchev–Trinajstić information content (AvgIpc) is 2.74. The summed E-state index contributed by atoms with van der Waals surface area (Å²) in [6.07, 6.45) is 8.76. The van der Waals surface area contributed by atoms with Crippen LogP contribution in [0.3, 0.4) is 0 Å². The molecule has 2 saturated heterocycles. The van der Waals surface area contributed by atoms with Gasteiger partial charge in [-0.3, -0.25) is 4.79 Å². The molecule has 1 aliphatic carbocycles. The van der Waals surface area contributed by atoms with Gasteiger partial charge >= 0.3 is 0 Å². The van der Waals surface area contributed by atoms with Crippen molar-refractivity contribution in [3.05, 3.63) is 0 Å². The van der Waals surface area contributed by atoms with Gasteiger partial charge in [-0.15, -0.1) is 0 Å². The summed E-state index contributed by atoms with van der Waals surface area (Å²) in [5, 5.41) is 0. The maximum Gasteiger partial charge on any atom is 0.223 e. The Bertz CT molecular complexity index is 242. The number of rotatable bonds is 0. The molecule has 72 valence electrons. The molecule has 1 atom stereocenters. The zero-order valence-electron chi connectivity index (χ0n) is 8.09. The first-order valence-corrected chi connectivity index (χ1v) is 5.61. The van der Waals surface area contributed by atoms with Gasteiger partial charge in [0, 0.05) is 19.0 Å². The number of amides is 1. The Hall–Kier alpha value is -0.530. The standard InChI is InChI=1S/C11H17NO/c13-10-8-11(5-1-2-6-11)9-4-3-7-12(9)10/h9H,1-8H2/t9-/m0/s1. The molecule has 3 rings (SSSR count). The van der Waals surface area contributed by atoms with Crippen LogP contribution in [0.15, 0.2) is 0 Å². The number of hydrogen-bond donors (Lipinski definition) is 0. The molecule has 1 spiro atoms. The number of hydrogen-bond acceptors (Lipinski definition) is 1. The van der Waals surface area contributed by atoms with E-state index in [1.165, 1.54) is 38.5 Å². The second-order valence-corrected chi connectivity index (χ2v) is 4.99. The molecule has 2 nitrogen and oxygen atoms in total. The van der Waals surface area contributed by atoms with E-state index in [0.29, 0.717) is 17.4 Å². The van der Waals surface area contributed by atoms with E-state index in [1.807, 2.05) is 0 Å². The number of nitrogens with zero attached hydrogens (tertiary/aromatic N) is 1. The fourth-order valence-corrected chi connectivity index (χ4v) is 3.81. The maximum atomic E-state index is 11.7. The van der Waals surface area contributed by atoms with E-state index in [0.717, 1.165) is 13.0 Å². The van der Waals surface area contributed by atoms with Crippen LogP contribution in [-0.2, 0) is 4.79 Å². The molecule has 2 aliphatic heterocycles. The van der Waals surface area contributed by atoms with Gasteiger partial charge in [0.05, 0.1) is 0 Å². The highest BCUT2D eigenvalue weighted by Gasteiger charge is 2.53. The van der Waals surface area contributed by atoms with Crippen molar-refractivity contribution in [2.75, 3.05) is 6.54 Å². The molecule has 1 saturated carbocycles. The van der Waals surface area contributed by atoms with Crippen LogP contribution in [0.5, 0.6) is 0 Å². The molecule has 0 unspecified atom stereocenters. The van der Waals surface area contributed by atoms with Gasteiger partial charge in [0.1, 0.15) is 0 Å². The van der Waals surface area contributed by atoms with Gasteiger partial charge in [0.15, 0.2) is 0 Å². The third-order valence-corrected chi connectivity index (χ3v) is 4.38. The van der Waals surface area contributed by atoms with E-state index in [-0.39, 0.29) is 0 Å². The van der Waals surface area contributed by atoms with Crippen molar-refractivity contribution < 1.29 is 4.79 Å². The summed E-state index contributed by atoms with van der Waals surface area (Å²) < 4.78 is 0. The lowest BCUT2D eigenvalue weighted by Crippen LogP contribution is -2.33. The van der Waals surface area contributed by atoms with Crippen LogP contribution in [0.4, 0.5) is 0 Å². The molecular formula is C11H17NO. The van der Waals surface area contributed by atoms with Crippen molar-refractivity contribution in [1.82, 2.24) is 4.90 Å². The summed E-state index contributed by atoms with van der Waals surface area (Å²) in [4.78, 5) is 13.9. The molecule has 0 aromatic rings. The Morgan fingerprint density at radius 3 is 2.77 bits per heavy atom. The summed E-state index contributed by atoms with van der Waals surface area (Å²) in [7, 11) is 0. The van der Waals surface area contributed by atoms with E-state index in [2.05, 4.69) is 4.90 Å². The van der Waals surface area contributed by atoms with Gasteiger partial charge in [-0.2, -0.15) is 0 Å². The van der Waals surface area contributed by atoms with Crippen LogP contribution in [-0.4, -0.2) is 23.4 Å². The molecule has 0 aromatic carbocycles. The predicted octanol–water partition coefficient (Wildman–Crippen LogP) is 1.94. The highest BCUT2D eigenvalue weighted by Crippen LogP contribution is 2.53. The smallest absolute Gasteiger partial charge is 0.223 e. The zero-order chi connectivity index (χ0) is 8.89. The Balaban J connectivity index is 1.93. The molecule has 2 heterocycles. The fraction of sp³-hybridized carbons (Fsp3) is 0.909. The third-order valence-electron chi connectivity index (χ3n) is 4.38. The molecular weight excluding hydrogens is 162 g/mol. The molecule has 2 heteroatoms. The molecule has 3 fully saturated rings. The Labute approximate surface area is 79.3 Å². The first kappa shape index (κ1) is 7.84. The minimum atomic E-state index is 0.438. The molecule has 0 radical (unpaired) electrons. The minimum Gasteiger partial charge on any atom is -0.339 e. The van der Waals surface area contributed by atoms with E-state index in [4.69, 9.17) is 0 Å². The molecule has 13 heavy (non-hydrogen) atoms. The third kappa shape index (κ3) is 0.918. The Morgan fingerprint density at radius 1 is 1.23 bits per heavy atom. The normalized spacial score (nSPS) is 36.2. The summed E-state index contributed by atoms with van der Waals surface area (Å²) in [6.45, 7) is 1.05. The summed E-state index contributed by atoms with van der Waals surface area (Å²) in [5.41, 5.74) is 0.438. The van der Waals surface area contributed by atoms with E-state index >= 15 is 0 Å². The van der Waals surface area contributed by atoms with Crippen LogP contribution < -0.4 is 0 Å². The number of fused-ring (bicyclic) bond motifs is 2. The molecule has 0 N–H and O–H groups in total. The van der Waals surface area contributed by atoms with Crippen molar-refractivity contribution >= 4 is 5.91 Å². The minimum absolute atomic E-state index is 0.438. The maximum absolute atomic E-state index is 11.7. The van der Waals surface area contributed by atoms with Crippen molar-refractivity contribution in [3.8, 4) is 0 Å². The number of carbonyl (C=O) groups is 1. The van der Waals surface area contributed by atoms with Gasteiger partial charge < -0.3 is 4.90 Å². The predicted molar refractivity (Wildman–Crippen MR) is 50.3 cm³/mol. The van der Waals surface area contributed by atoms with E-state index in [1.54, 1.807) is 0 Å². The average molecular weight is 179 g/mol. The monoisotopic (exact) mass is 179 g/mol. The zero-order valence-corrected chi connectivity index (χ0v) is 8.09. The van der Waals surface area contributed by atoms with Crippen molar-refractivity contribution in [2.24, 2.45) is 5.41 Å². The second kappa shape index (κ2) is 2.49. The van der Waals surface area contributed by atoms with Crippen LogP contribution in [0.2, 0.25) is 0 Å². The molecule has 0 bridgehead atoms. The van der Waals surface area contributed by atoms with Crippen molar-refractivity contribution in [1.29, 1.82) is 0 Å². The lowest BCUT2D eigenvalue weighted by molar-refractivity contribution is -0.127. The van der Waals surface area contributed by atoms with Crippen molar-refractivity contribution in [3.63, 3.8) is 0 Å². The molecule has 3 aliphatic rings. The summed E-state index contributed by atoms with van der Waals surface area (Å²) >= 11 is 0. The van der Waals surface area contributed by atoms with Crippen molar-refractivity contribution in [2.45, 2.75) is 51.0 Å². The van der Waals surface area contributed by atoms with Crippen LogP contribution in [0, 0.1) is 5.41 Å². The number of carbonyl (C=O) groups excluding carboxylic acids is 1. The topological polar surface area (TPSA) is 20.3 Å². The van der Waals surface area contributed by atoms with E-state index < -0.39 is 0 Å². The van der Waals surface area contributed by atoms with Gasteiger partial charge in [-0.05, 0) is 31.1 Å². The van der Waals surface area contributed by atoms with Gasteiger partial charge in [0.2, 0.25) is 5.91 Å². The SMILES string of the molecule is O=C1CC2(CCCC2)[C@@H]2CCCN12. The lowest BCUT2D eigenvalue weighted by atomic mass is 9.78. The van der Waals surface area contributed by atoms with Crippen LogP contribution in [0.25, 0.3) is 0 Å². The first-order valence-electron chi connectivity index (χ1n) is 5.61. The Kier molecular flexibility index (Phi) is 1.50. The van der Waals surface area contributed by atoms with E-state index in [9.17, 15) is 4.79 Å². The van der Waals surface area contributed by atoms with Gasteiger partial charge in [-0.25, -0.2) is 0 Å². The molecule has 0 aromatic heterocycles. The highest BCUT2D eigenvalue weighted by molar-refractivity contribution is 5.80. The lowest BCUT2D eigenvalue weighted by Gasteiger charge is -2.29.